The minimum absolute atomic E-state index is 0.000536. The molecule has 4 aromatic rings. The molecular weight excluding hydrogens is 726 g/mol. The second kappa shape index (κ2) is 14.9. The predicted octanol–water partition coefficient (Wildman–Crippen LogP) is 5.38. The molecule has 1 fully saturated rings. The molecule has 1 aromatic heterocycles. The summed E-state index contributed by atoms with van der Waals surface area (Å²) < 4.78 is 78.5. The number of carbonyl (C=O) groups is 3. The first kappa shape index (κ1) is 38.7. The number of hydrogen-bond acceptors (Lipinski definition) is 10. The van der Waals surface area contributed by atoms with Gasteiger partial charge in [0.05, 0.1) is 16.3 Å². The van der Waals surface area contributed by atoms with Crippen LogP contribution in [0.25, 0.3) is 10.8 Å². The monoisotopic (exact) mass is 761 g/mol. The molecule has 1 unspecified atom stereocenters. The number of aryl methyl sites for hydroxylation is 2. The quantitative estimate of drug-likeness (QED) is 0.167. The van der Waals surface area contributed by atoms with Crippen molar-refractivity contribution < 1.29 is 55.3 Å². The zero-order valence-electron chi connectivity index (χ0n) is 28.5. The van der Waals surface area contributed by atoms with Crippen molar-refractivity contribution in [3.05, 3.63) is 88.4 Å². The number of fused-ring (bicyclic) bond motifs is 10. The summed E-state index contributed by atoms with van der Waals surface area (Å²) in [6.45, 7) is 3.55. The first-order chi connectivity index (χ1) is 24.8. The molecule has 2 atom stereocenters. The van der Waals surface area contributed by atoms with Gasteiger partial charge in [-0.15, -0.1) is 0 Å². The normalized spacial score (nSPS) is 18.2. The summed E-state index contributed by atoms with van der Waals surface area (Å²) >= 11 is 0. The molecule has 1 aliphatic carbocycles. The number of amides is 2. The number of nitrogen functional groups attached to an aromatic ring is 1. The lowest BCUT2D eigenvalue weighted by atomic mass is 9.93. The number of rotatable bonds is 4. The number of carbonyl (C=O) groups excluding carboxylic acids is 2. The summed E-state index contributed by atoms with van der Waals surface area (Å²) in [5.41, 5.74) is 9.78. The van der Waals surface area contributed by atoms with Gasteiger partial charge in [0, 0.05) is 42.2 Å². The number of carboxylic acids is 1. The van der Waals surface area contributed by atoms with Crippen LogP contribution in [0.4, 0.5) is 39.5 Å². The molecule has 1 saturated carbocycles. The number of aliphatic hydroxyl groups excluding tert-OH is 1. The molecular formula is C35H35F4N5O8S. The minimum atomic E-state index is -5.08. The van der Waals surface area contributed by atoms with E-state index in [4.69, 9.17) is 20.4 Å². The van der Waals surface area contributed by atoms with E-state index < -0.39 is 51.5 Å². The highest BCUT2D eigenvalue weighted by Gasteiger charge is 2.39. The number of likely N-dealkylation sites (N-methyl/N-ethyl adjacent to an activating group) is 1. The number of alkyl halides is 3. The Morgan fingerprint density at radius 3 is 2.30 bits per heavy atom. The van der Waals surface area contributed by atoms with E-state index >= 15 is 0 Å². The van der Waals surface area contributed by atoms with Crippen molar-refractivity contribution >= 4 is 55.8 Å². The largest absolute Gasteiger partial charge is 0.490 e. The third-order valence-electron chi connectivity index (χ3n) is 8.70. The van der Waals surface area contributed by atoms with Crippen molar-refractivity contribution in [2.45, 2.75) is 68.3 Å². The third kappa shape index (κ3) is 8.77. The molecule has 2 amide bonds. The SMILES string of the molecule is Cc1cc2cc(C)c1CC(O)OC(=O)Nc1ccc(S(=O)(=O)C3CC3)c(c1)CN(C)C(=O)[C@@H]2Nc1ccc2c(N)ncc(F)c2c1.O=C(O)C(F)(F)F. The van der Waals surface area contributed by atoms with Crippen LogP contribution < -0.4 is 16.4 Å². The number of pyridine rings is 1. The van der Waals surface area contributed by atoms with Crippen LogP contribution in [-0.2, 0) is 37.1 Å². The smallest absolute Gasteiger partial charge is 0.475 e. The van der Waals surface area contributed by atoms with Crippen molar-refractivity contribution in [2.75, 3.05) is 23.4 Å². The second-order valence-electron chi connectivity index (χ2n) is 12.7. The Labute approximate surface area is 300 Å². The molecule has 6 N–H and O–H groups in total. The van der Waals surface area contributed by atoms with Gasteiger partial charge in [0.1, 0.15) is 17.7 Å². The van der Waals surface area contributed by atoms with E-state index in [-0.39, 0.29) is 40.7 Å². The average molecular weight is 762 g/mol. The zero-order valence-corrected chi connectivity index (χ0v) is 29.3. The molecule has 3 heterocycles. The molecule has 18 heteroatoms. The van der Waals surface area contributed by atoms with Crippen LogP contribution in [0.5, 0.6) is 0 Å². The molecule has 53 heavy (non-hydrogen) atoms. The molecule has 4 bridgehead atoms. The van der Waals surface area contributed by atoms with Crippen molar-refractivity contribution in [3.63, 3.8) is 0 Å². The second-order valence-corrected chi connectivity index (χ2v) is 14.9. The lowest BCUT2D eigenvalue weighted by Gasteiger charge is -2.28. The number of nitrogens with zero attached hydrogens (tertiary/aromatic N) is 2. The Kier molecular flexibility index (Phi) is 10.9. The van der Waals surface area contributed by atoms with Gasteiger partial charge in [-0.2, -0.15) is 13.2 Å². The summed E-state index contributed by atoms with van der Waals surface area (Å²) in [7, 11) is -2.10. The average Bonchev–Trinajstić information content (AvgIpc) is 3.93. The van der Waals surface area contributed by atoms with Crippen LogP contribution in [0, 0.1) is 19.7 Å². The van der Waals surface area contributed by atoms with Crippen molar-refractivity contribution in [1.82, 2.24) is 9.88 Å². The van der Waals surface area contributed by atoms with E-state index in [9.17, 15) is 40.7 Å². The molecule has 7 rings (SSSR count). The van der Waals surface area contributed by atoms with Gasteiger partial charge >= 0.3 is 18.2 Å². The number of aliphatic hydroxyl groups is 1. The molecule has 3 aromatic carbocycles. The molecule has 282 valence electrons. The lowest BCUT2D eigenvalue weighted by molar-refractivity contribution is -0.192. The summed E-state index contributed by atoms with van der Waals surface area (Å²) in [6, 6.07) is 11.9. The van der Waals surface area contributed by atoms with Gasteiger partial charge in [-0.3, -0.25) is 10.1 Å². The van der Waals surface area contributed by atoms with Gasteiger partial charge in [0.15, 0.2) is 9.84 Å². The maximum Gasteiger partial charge on any atom is 0.490 e. The highest BCUT2D eigenvalue weighted by molar-refractivity contribution is 7.92. The fraction of sp³-hybridized carbons (Fsp3) is 0.314. The van der Waals surface area contributed by atoms with Crippen LogP contribution >= 0.6 is 0 Å². The maximum absolute atomic E-state index is 14.7. The Balaban J connectivity index is 0.000000705. The van der Waals surface area contributed by atoms with Crippen molar-refractivity contribution in [3.8, 4) is 0 Å². The van der Waals surface area contributed by atoms with Crippen LogP contribution in [0.2, 0.25) is 0 Å². The fourth-order valence-corrected chi connectivity index (χ4v) is 7.81. The first-order valence-corrected chi connectivity index (χ1v) is 17.6. The third-order valence-corrected chi connectivity index (χ3v) is 11.1. The number of aliphatic carboxylic acids is 1. The predicted molar refractivity (Wildman–Crippen MR) is 185 cm³/mol. The number of aromatic nitrogens is 1. The first-order valence-electron chi connectivity index (χ1n) is 16.0. The van der Waals surface area contributed by atoms with Crippen LogP contribution in [0.3, 0.4) is 0 Å². The van der Waals surface area contributed by atoms with E-state index in [0.717, 1.165) is 22.9 Å². The molecule has 0 radical (unpaired) electrons. The number of ether oxygens (including phenoxy) is 1. The Bertz CT molecular complexity index is 2190. The van der Waals surface area contributed by atoms with Gasteiger partial charge in [-0.1, -0.05) is 12.1 Å². The molecule has 0 spiro atoms. The number of anilines is 3. The van der Waals surface area contributed by atoms with Crippen LogP contribution in [0.15, 0.2) is 59.6 Å². The summed E-state index contributed by atoms with van der Waals surface area (Å²) in [5.74, 6) is -3.54. The van der Waals surface area contributed by atoms with Gasteiger partial charge in [0.2, 0.25) is 12.2 Å². The van der Waals surface area contributed by atoms with E-state index in [1.165, 1.54) is 23.1 Å². The Hall–Kier alpha value is -5.49. The van der Waals surface area contributed by atoms with Crippen molar-refractivity contribution in [1.29, 1.82) is 0 Å². The highest BCUT2D eigenvalue weighted by atomic mass is 32.2. The topological polar surface area (TPSA) is 201 Å². The minimum Gasteiger partial charge on any atom is -0.475 e. The number of nitrogens with one attached hydrogen (secondary N) is 2. The number of benzene rings is 3. The molecule has 3 aliphatic rings. The molecule has 0 saturated heterocycles. The number of carboxylic acid groups (broad SMARTS) is 1. The van der Waals surface area contributed by atoms with Crippen LogP contribution in [0.1, 0.15) is 46.7 Å². The fourth-order valence-electron chi connectivity index (χ4n) is 5.95. The molecule has 2 aliphatic heterocycles. The number of sulfone groups is 1. The van der Waals surface area contributed by atoms with Crippen molar-refractivity contribution in [2.24, 2.45) is 0 Å². The number of nitrogens with two attached hydrogens (primary N) is 1. The number of halogens is 4. The Morgan fingerprint density at radius 1 is 1.06 bits per heavy atom. The standard InChI is InChI=1S/C33H34FN5O6S.C2HF3O2/c1-17-10-19-11-18(2)25(17)14-29(40)45-33(42)38-21-5-9-28(46(43,44)23-6-7-23)20(12-21)16-39(3)32(41)30(19)37-22-4-8-24-26(13-22)27(34)15-36-31(24)35;3-2(4,5)1(6)7/h4-5,8-13,15,23,29-30,37,40H,6-7,14,16H2,1-3H3,(H2,35,36)(H,38,42);(H,6,7)/t29?,30-;/m1./s1. The zero-order chi connectivity index (χ0) is 39.0. The van der Waals surface area contributed by atoms with E-state index in [0.29, 0.717) is 35.0 Å². The van der Waals surface area contributed by atoms with E-state index in [1.807, 2.05) is 13.8 Å². The maximum atomic E-state index is 14.7. The van der Waals surface area contributed by atoms with E-state index in [1.54, 1.807) is 37.4 Å². The van der Waals surface area contributed by atoms with Gasteiger partial charge in [0.25, 0.3) is 0 Å². The van der Waals surface area contributed by atoms with Gasteiger partial charge in [-0.25, -0.2) is 27.4 Å². The summed E-state index contributed by atoms with van der Waals surface area (Å²) in [5, 5.41) is 23.7. The lowest BCUT2D eigenvalue weighted by Crippen LogP contribution is -2.35. The molecule has 13 nitrogen and oxygen atoms in total. The summed E-state index contributed by atoms with van der Waals surface area (Å²) in [4.78, 5) is 41.2. The van der Waals surface area contributed by atoms with E-state index in [2.05, 4.69) is 15.6 Å². The summed E-state index contributed by atoms with van der Waals surface area (Å²) in [6.07, 6.45) is -5.32. The van der Waals surface area contributed by atoms with Gasteiger partial charge < -0.3 is 30.9 Å². The van der Waals surface area contributed by atoms with Gasteiger partial charge in [-0.05, 0) is 90.9 Å². The Morgan fingerprint density at radius 2 is 1.70 bits per heavy atom. The van der Waals surface area contributed by atoms with Crippen LogP contribution in [-0.4, -0.2) is 71.2 Å². The highest BCUT2D eigenvalue weighted by Crippen LogP contribution is 2.37. The number of hydrogen-bond donors (Lipinski definition) is 5.